The predicted molar refractivity (Wildman–Crippen MR) is 105 cm³/mol. The summed E-state index contributed by atoms with van der Waals surface area (Å²) in [6, 6.07) is 1.97. The molecule has 0 amide bonds. The largest absolute Gasteiger partial charge is 0.390 e. The van der Waals surface area contributed by atoms with Gasteiger partial charge in [0.2, 0.25) is 0 Å². The highest BCUT2D eigenvalue weighted by Crippen LogP contribution is 2.19. The molecular formula is C21H39N3. The Morgan fingerprint density at radius 1 is 1.00 bits per heavy atom. The molecule has 0 fully saturated rings. The summed E-state index contributed by atoms with van der Waals surface area (Å²) >= 11 is 0. The first-order valence-electron chi connectivity index (χ1n) is 9.89. The van der Waals surface area contributed by atoms with Gasteiger partial charge < -0.3 is 10.6 Å². The highest BCUT2D eigenvalue weighted by molar-refractivity contribution is 5.21. The molecule has 0 bridgehead atoms. The van der Waals surface area contributed by atoms with Crippen LogP contribution in [0.5, 0.6) is 0 Å². The fourth-order valence-electron chi connectivity index (χ4n) is 3.00. The van der Waals surface area contributed by atoms with Crippen molar-refractivity contribution < 1.29 is 0 Å². The van der Waals surface area contributed by atoms with E-state index >= 15 is 0 Å². The summed E-state index contributed by atoms with van der Waals surface area (Å²) in [4.78, 5) is 2.45. The monoisotopic (exact) mass is 333 g/mol. The number of unbranched alkanes of at least 4 members (excludes halogenated alkanes) is 2. The summed E-state index contributed by atoms with van der Waals surface area (Å²) in [7, 11) is 0. The quantitative estimate of drug-likeness (QED) is 0.332. The number of hydrogen-bond acceptors (Lipinski definition) is 3. The summed E-state index contributed by atoms with van der Waals surface area (Å²) in [5.41, 5.74) is 5.84. The normalized spacial score (nSPS) is 14.5. The zero-order valence-corrected chi connectivity index (χ0v) is 16.4. The second-order valence-corrected chi connectivity index (χ2v) is 6.86. The molecule has 0 spiro atoms. The van der Waals surface area contributed by atoms with Crippen molar-refractivity contribution in [3.05, 3.63) is 24.0 Å². The van der Waals surface area contributed by atoms with Crippen molar-refractivity contribution in [1.29, 1.82) is 5.26 Å². The van der Waals surface area contributed by atoms with Gasteiger partial charge in [0.05, 0.1) is 0 Å². The lowest BCUT2D eigenvalue weighted by molar-refractivity contribution is 0.239. The zero-order chi connectivity index (χ0) is 18.2. The number of nitrogens with two attached hydrogens (primary N) is 1. The second-order valence-electron chi connectivity index (χ2n) is 6.86. The fourth-order valence-corrected chi connectivity index (χ4v) is 3.00. The van der Waals surface area contributed by atoms with Gasteiger partial charge in [-0.25, -0.2) is 0 Å². The van der Waals surface area contributed by atoms with E-state index in [4.69, 9.17) is 11.0 Å². The predicted octanol–water partition coefficient (Wildman–Crippen LogP) is 5.60. The van der Waals surface area contributed by atoms with E-state index in [1.807, 2.05) is 12.1 Å². The Hall–Kier alpha value is -1.43. The third kappa shape index (κ3) is 11.2. The molecule has 138 valence electrons. The minimum absolute atomic E-state index is 0.266. The number of nitrogens with zero attached hydrogens (tertiary/aromatic N) is 2. The standard InChI is InChI=1S/C21H39N3/c1-5-9-12-19(7-3)17-24(15-11-14-21(23)16-22)18-20(8-4)13-10-6-2/h11,14-15,19-20H,5-10,12-13,17-18,23H2,1-4H3/b15-11?,21-14-. The molecule has 0 rings (SSSR count). The lowest BCUT2D eigenvalue weighted by atomic mass is 9.96. The van der Waals surface area contributed by atoms with Gasteiger partial charge in [0.15, 0.2) is 0 Å². The van der Waals surface area contributed by atoms with Gasteiger partial charge in [0.25, 0.3) is 0 Å². The van der Waals surface area contributed by atoms with Gasteiger partial charge in [-0.3, -0.25) is 0 Å². The molecule has 0 aromatic carbocycles. The van der Waals surface area contributed by atoms with Crippen LogP contribution in [0.4, 0.5) is 0 Å². The maximum absolute atomic E-state index is 8.77. The van der Waals surface area contributed by atoms with Gasteiger partial charge >= 0.3 is 0 Å². The van der Waals surface area contributed by atoms with Gasteiger partial charge in [-0.15, -0.1) is 0 Å². The average molecular weight is 334 g/mol. The summed E-state index contributed by atoms with van der Waals surface area (Å²) < 4.78 is 0. The zero-order valence-electron chi connectivity index (χ0n) is 16.4. The Kier molecular flexibility index (Phi) is 14.2. The molecule has 3 heteroatoms. The van der Waals surface area contributed by atoms with E-state index in [1.54, 1.807) is 6.08 Å². The van der Waals surface area contributed by atoms with Crippen molar-refractivity contribution in [2.75, 3.05) is 13.1 Å². The van der Waals surface area contributed by atoms with Crippen molar-refractivity contribution >= 4 is 0 Å². The molecule has 0 radical (unpaired) electrons. The molecule has 0 aliphatic rings. The van der Waals surface area contributed by atoms with E-state index < -0.39 is 0 Å². The van der Waals surface area contributed by atoms with E-state index in [9.17, 15) is 0 Å². The second kappa shape index (κ2) is 15.1. The van der Waals surface area contributed by atoms with E-state index in [0.29, 0.717) is 0 Å². The first-order chi connectivity index (χ1) is 11.6. The van der Waals surface area contributed by atoms with Crippen LogP contribution in [0.1, 0.15) is 79.1 Å². The lowest BCUT2D eigenvalue weighted by Crippen LogP contribution is -2.29. The molecular weight excluding hydrogens is 294 g/mol. The van der Waals surface area contributed by atoms with Crippen LogP contribution in [-0.2, 0) is 0 Å². The first-order valence-corrected chi connectivity index (χ1v) is 9.89. The van der Waals surface area contributed by atoms with Gasteiger partial charge in [-0.1, -0.05) is 66.2 Å². The van der Waals surface area contributed by atoms with Crippen molar-refractivity contribution in [2.45, 2.75) is 79.1 Å². The topological polar surface area (TPSA) is 53.0 Å². The third-order valence-corrected chi connectivity index (χ3v) is 4.77. The van der Waals surface area contributed by atoms with Gasteiger partial charge in [-0.2, -0.15) is 5.26 Å². The molecule has 3 nitrogen and oxygen atoms in total. The molecule has 2 unspecified atom stereocenters. The molecule has 0 saturated heterocycles. The van der Waals surface area contributed by atoms with Crippen molar-refractivity contribution in [1.82, 2.24) is 4.90 Å². The van der Waals surface area contributed by atoms with Crippen LogP contribution in [0.15, 0.2) is 24.0 Å². The highest BCUT2D eigenvalue weighted by Gasteiger charge is 2.14. The lowest BCUT2D eigenvalue weighted by Gasteiger charge is -2.29. The molecule has 2 atom stereocenters. The summed E-state index contributed by atoms with van der Waals surface area (Å²) in [5, 5.41) is 8.77. The van der Waals surface area contributed by atoms with Crippen LogP contribution < -0.4 is 5.73 Å². The fraction of sp³-hybridized carbons (Fsp3) is 0.762. The minimum Gasteiger partial charge on any atom is -0.390 e. The van der Waals surface area contributed by atoms with E-state index in [2.05, 4.69) is 38.8 Å². The molecule has 2 N–H and O–H groups in total. The first kappa shape index (κ1) is 22.6. The maximum atomic E-state index is 8.77. The van der Waals surface area contributed by atoms with E-state index in [-0.39, 0.29) is 5.70 Å². The molecule has 0 saturated carbocycles. The van der Waals surface area contributed by atoms with Gasteiger partial charge in [0, 0.05) is 13.1 Å². The van der Waals surface area contributed by atoms with E-state index in [0.717, 1.165) is 24.9 Å². The van der Waals surface area contributed by atoms with E-state index in [1.165, 1.54) is 51.4 Å². The Morgan fingerprint density at radius 2 is 1.50 bits per heavy atom. The molecule has 0 aliphatic carbocycles. The SMILES string of the molecule is CCCCC(CC)CN(C=C/C=C(\N)C#N)CC(CC)CCCC. The number of hydrogen-bond donors (Lipinski definition) is 1. The molecule has 0 aromatic rings. The van der Waals surface area contributed by atoms with Crippen molar-refractivity contribution in [2.24, 2.45) is 17.6 Å². The molecule has 24 heavy (non-hydrogen) atoms. The van der Waals surface area contributed by atoms with Gasteiger partial charge in [0.1, 0.15) is 11.8 Å². The molecule has 0 aromatic heterocycles. The summed E-state index contributed by atoms with van der Waals surface area (Å²) in [6.45, 7) is 11.3. The van der Waals surface area contributed by atoms with Crippen LogP contribution in [0.2, 0.25) is 0 Å². The van der Waals surface area contributed by atoms with Crippen LogP contribution in [-0.4, -0.2) is 18.0 Å². The molecule has 0 heterocycles. The van der Waals surface area contributed by atoms with Crippen LogP contribution in [0, 0.1) is 23.2 Å². The van der Waals surface area contributed by atoms with Crippen LogP contribution in [0.25, 0.3) is 0 Å². The maximum Gasteiger partial charge on any atom is 0.117 e. The highest BCUT2D eigenvalue weighted by atomic mass is 15.1. The number of allylic oxidation sites excluding steroid dienone is 3. The van der Waals surface area contributed by atoms with Crippen LogP contribution >= 0.6 is 0 Å². The summed E-state index contributed by atoms with van der Waals surface area (Å²) in [5.74, 6) is 1.49. The van der Waals surface area contributed by atoms with Gasteiger partial charge in [-0.05, 0) is 43.0 Å². The van der Waals surface area contributed by atoms with Crippen molar-refractivity contribution in [3.8, 4) is 6.07 Å². The minimum atomic E-state index is 0.266. The Bertz CT molecular complexity index is 374. The van der Waals surface area contributed by atoms with Crippen molar-refractivity contribution in [3.63, 3.8) is 0 Å². The van der Waals surface area contributed by atoms with Crippen LogP contribution in [0.3, 0.4) is 0 Å². The average Bonchev–Trinajstić information content (AvgIpc) is 2.61. The third-order valence-electron chi connectivity index (χ3n) is 4.77. The number of nitriles is 1. The summed E-state index contributed by atoms with van der Waals surface area (Å²) in [6.07, 6.45) is 16.0. The Balaban J connectivity index is 4.88. The molecule has 0 aliphatic heterocycles. The number of rotatable bonds is 14. The smallest absolute Gasteiger partial charge is 0.117 e. The Morgan fingerprint density at radius 3 is 1.88 bits per heavy atom. The Labute approximate surface area is 150 Å².